The molecule has 0 fully saturated rings. The maximum Gasteiger partial charge on any atom is 0.0127 e. The Morgan fingerprint density at radius 1 is 0.905 bits per heavy atom. The van der Waals surface area contributed by atoms with Gasteiger partial charge in [0.2, 0.25) is 0 Å². The average molecular weight is 299 g/mol. The Hall–Kier alpha value is -0.0800. The van der Waals surface area contributed by atoms with Crippen LogP contribution in [0.5, 0.6) is 0 Å². The number of hydrogen-bond donors (Lipinski definition) is 1. The summed E-state index contributed by atoms with van der Waals surface area (Å²) in [4.78, 5) is 2.63. The van der Waals surface area contributed by atoms with E-state index in [1.54, 1.807) is 0 Å². The third-order valence-electron chi connectivity index (χ3n) is 4.84. The minimum absolute atomic E-state index is 0.255. The van der Waals surface area contributed by atoms with Crippen molar-refractivity contribution in [3.05, 3.63) is 0 Å². The van der Waals surface area contributed by atoms with Crippen LogP contribution in [-0.2, 0) is 0 Å². The molecule has 0 rings (SSSR count). The fourth-order valence-electron chi connectivity index (χ4n) is 3.79. The first kappa shape index (κ1) is 20.9. The van der Waals surface area contributed by atoms with Crippen LogP contribution in [0.4, 0.5) is 0 Å². The Bertz CT molecular complexity index is 267. The zero-order valence-corrected chi connectivity index (χ0v) is 16.5. The molecule has 0 saturated heterocycles. The van der Waals surface area contributed by atoms with Gasteiger partial charge in [-0.3, -0.25) is 4.90 Å². The van der Waals surface area contributed by atoms with Crippen LogP contribution in [0.15, 0.2) is 0 Å². The maximum atomic E-state index is 3.81. The lowest BCUT2D eigenvalue weighted by Gasteiger charge is -2.42. The molecule has 0 amide bonds. The molecule has 4 atom stereocenters. The van der Waals surface area contributed by atoms with Crippen LogP contribution in [0.3, 0.4) is 0 Å². The lowest BCUT2D eigenvalue weighted by atomic mass is 9.84. The molecule has 0 aromatic rings. The van der Waals surface area contributed by atoms with Crippen molar-refractivity contribution >= 4 is 0 Å². The molecule has 21 heavy (non-hydrogen) atoms. The van der Waals surface area contributed by atoms with E-state index in [9.17, 15) is 0 Å². The van der Waals surface area contributed by atoms with E-state index >= 15 is 0 Å². The highest BCUT2D eigenvalue weighted by Gasteiger charge is 2.29. The quantitative estimate of drug-likeness (QED) is 0.649. The zero-order chi connectivity index (χ0) is 16.8. The molecule has 4 unspecified atom stereocenters. The van der Waals surface area contributed by atoms with Gasteiger partial charge in [0.25, 0.3) is 0 Å². The molecule has 0 heterocycles. The zero-order valence-electron chi connectivity index (χ0n) is 16.5. The topological polar surface area (TPSA) is 15.3 Å². The molecule has 2 nitrogen and oxygen atoms in total. The average Bonchev–Trinajstić information content (AvgIpc) is 2.33. The normalized spacial score (nSPS) is 18.9. The Balaban J connectivity index is 4.83. The monoisotopic (exact) mass is 298 g/mol. The van der Waals surface area contributed by atoms with Gasteiger partial charge in [-0.1, -0.05) is 48.0 Å². The predicted molar refractivity (Wildman–Crippen MR) is 96.9 cm³/mol. The highest BCUT2D eigenvalue weighted by molar-refractivity contribution is 4.86. The first-order chi connectivity index (χ1) is 9.54. The van der Waals surface area contributed by atoms with Crippen LogP contribution in [0, 0.1) is 11.8 Å². The van der Waals surface area contributed by atoms with Crippen molar-refractivity contribution in [2.24, 2.45) is 11.8 Å². The SMILES string of the molecule is CCC(C)C(NC(C)C)C(C)CC(C)N(CC)C(C)(C)C. The van der Waals surface area contributed by atoms with Crippen LogP contribution in [0.1, 0.15) is 82.1 Å². The fourth-order valence-corrected chi connectivity index (χ4v) is 3.79. The minimum atomic E-state index is 0.255. The highest BCUT2D eigenvalue weighted by Crippen LogP contribution is 2.25. The van der Waals surface area contributed by atoms with Gasteiger partial charge in [0, 0.05) is 23.7 Å². The van der Waals surface area contributed by atoms with Crippen molar-refractivity contribution in [3.63, 3.8) is 0 Å². The first-order valence-electron chi connectivity index (χ1n) is 9.07. The van der Waals surface area contributed by atoms with Crippen molar-refractivity contribution in [1.82, 2.24) is 10.2 Å². The second kappa shape index (κ2) is 9.15. The van der Waals surface area contributed by atoms with Crippen LogP contribution in [0.2, 0.25) is 0 Å². The van der Waals surface area contributed by atoms with E-state index in [1.165, 1.54) is 12.8 Å². The molecule has 128 valence electrons. The van der Waals surface area contributed by atoms with E-state index in [2.05, 4.69) is 79.5 Å². The Morgan fingerprint density at radius 3 is 1.76 bits per heavy atom. The second-order valence-corrected chi connectivity index (χ2v) is 8.25. The number of nitrogens with zero attached hydrogens (tertiary/aromatic N) is 1. The molecule has 1 N–H and O–H groups in total. The van der Waals surface area contributed by atoms with Gasteiger partial charge >= 0.3 is 0 Å². The summed E-state index contributed by atoms with van der Waals surface area (Å²) in [5.74, 6) is 1.44. The van der Waals surface area contributed by atoms with Gasteiger partial charge in [0.15, 0.2) is 0 Å². The van der Waals surface area contributed by atoms with Gasteiger partial charge < -0.3 is 5.32 Å². The van der Waals surface area contributed by atoms with E-state index in [0.29, 0.717) is 24.0 Å². The largest absolute Gasteiger partial charge is 0.311 e. The molecule has 0 aliphatic rings. The van der Waals surface area contributed by atoms with E-state index in [0.717, 1.165) is 12.5 Å². The van der Waals surface area contributed by atoms with Crippen molar-refractivity contribution in [2.45, 2.75) is 106 Å². The molecule has 0 spiro atoms. The summed E-state index contributed by atoms with van der Waals surface area (Å²) in [6, 6.07) is 1.81. The Morgan fingerprint density at radius 2 is 1.43 bits per heavy atom. The number of hydrogen-bond acceptors (Lipinski definition) is 2. The van der Waals surface area contributed by atoms with Crippen LogP contribution in [-0.4, -0.2) is 35.1 Å². The van der Waals surface area contributed by atoms with Gasteiger partial charge in [-0.25, -0.2) is 0 Å². The van der Waals surface area contributed by atoms with E-state index in [4.69, 9.17) is 0 Å². The van der Waals surface area contributed by atoms with Crippen LogP contribution < -0.4 is 5.32 Å². The summed E-state index contributed by atoms with van der Waals surface area (Å²) in [5, 5.41) is 3.81. The van der Waals surface area contributed by atoms with Gasteiger partial charge in [-0.15, -0.1) is 0 Å². The minimum Gasteiger partial charge on any atom is -0.311 e. The van der Waals surface area contributed by atoms with Crippen LogP contribution >= 0.6 is 0 Å². The molecule has 0 aliphatic heterocycles. The lowest BCUT2D eigenvalue weighted by Crippen LogP contribution is -2.50. The Labute approximate surface area is 135 Å². The standard InChI is InChI=1S/C19H42N2/c1-11-15(5)18(20-14(3)4)16(6)13-17(7)21(12-2)19(8,9)10/h14-18,20H,11-13H2,1-10H3. The first-order valence-corrected chi connectivity index (χ1v) is 9.07. The molecular formula is C19H42N2. The van der Waals surface area contributed by atoms with E-state index < -0.39 is 0 Å². The van der Waals surface area contributed by atoms with Crippen molar-refractivity contribution in [3.8, 4) is 0 Å². The molecule has 0 aliphatic carbocycles. The Kier molecular flexibility index (Phi) is 9.11. The van der Waals surface area contributed by atoms with E-state index in [-0.39, 0.29) is 5.54 Å². The summed E-state index contributed by atoms with van der Waals surface area (Å²) in [6.45, 7) is 24.5. The van der Waals surface area contributed by atoms with Crippen LogP contribution in [0.25, 0.3) is 0 Å². The smallest absolute Gasteiger partial charge is 0.0127 e. The molecule has 2 heteroatoms. The van der Waals surface area contributed by atoms with E-state index in [1.807, 2.05) is 0 Å². The van der Waals surface area contributed by atoms with Crippen molar-refractivity contribution < 1.29 is 0 Å². The summed E-state index contributed by atoms with van der Waals surface area (Å²) in [5.41, 5.74) is 0.255. The predicted octanol–water partition coefficient (Wildman–Crippen LogP) is 4.93. The fraction of sp³-hybridized carbons (Fsp3) is 1.00. The third-order valence-corrected chi connectivity index (χ3v) is 4.84. The molecule has 0 aromatic carbocycles. The second-order valence-electron chi connectivity index (χ2n) is 8.25. The third kappa shape index (κ3) is 7.15. The van der Waals surface area contributed by atoms with Gasteiger partial charge in [0.05, 0.1) is 0 Å². The molecule has 0 aromatic heterocycles. The molecule has 0 bridgehead atoms. The summed E-state index contributed by atoms with van der Waals surface area (Å²) in [7, 11) is 0. The molecule has 0 radical (unpaired) electrons. The van der Waals surface area contributed by atoms with Gasteiger partial charge in [-0.2, -0.15) is 0 Å². The lowest BCUT2D eigenvalue weighted by molar-refractivity contribution is 0.0762. The maximum absolute atomic E-state index is 3.81. The summed E-state index contributed by atoms with van der Waals surface area (Å²) < 4.78 is 0. The number of nitrogens with one attached hydrogen (secondary N) is 1. The van der Waals surface area contributed by atoms with Crippen molar-refractivity contribution in [1.29, 1.82) is 0 Å². The molecular weight excluding hydrogens is 256 g/mol. The van der Waals surface area contributed by atoms with Gasteiger partial charge in [-0.05, 0) is 52.5 Å². The van der Waals surface area contributed by atoms with Gasteiger partial charge in [0.1, 0.15) is 0 Å². The molecule has 0 saturated carbocycles. The van der Waals surface area contributed by atoms with Crippen molar-refractivity contribution in [2.75, 3.05) is 6.54 Å². The highest BCUT2D eigenvalue weighted by atomic mass is 15.2. The number of rotatable bonds is 9. The summed E-state index contributed by atoms with van der Waals surface area (Å²) in [6.07, 6.45) is 2.51. The summed E-state index contributed by atoms with van der Waals surface area (Å²) >= 11 is 0.